The minimum Gasteiger partial charge on any atom is -0.314 e. The summed E-state index contributed by atoms with van der Waals surface area (Å²) in [5.74, 6) is 0.208. The van der Waals surface area contributed by atoms with E-state index in [1.807, 2.05) is 6.92 Å². The van der Waals surface area contributed by atoms with Crippen molar-refractivity contribution in [1.82, 2.24) is 15.6 Å². The number of aliphatic imine (C=N–C) groups is 1. The molecular weight excluding hydrogens is 404 g/mol. The Morgan fingerprint density at radius 1 is 1.22 bits per heavy atom. The van der Waals surface area contributed by atoms with Crippen LogP contribution in [0.5, 0.6) is 0 Å². The van der Waals surface area contributed by atoms with Gasteiger partial charge in [0.15, 0.2) is 0 Å². The lowest BCUT2D eigenvalue weighted by Crippen LogP contribution is -2.51. The van der Waals surface area contributed by atoms with Gasteiger partial charge in [-0.2, -0.15) is 13.2 Å². The van der Waals surface area contributed by atoms with Gasteiger partial charge >= 0.3 is 6.18 Å². The molecule has 0 aromatic carbocycles. The Morgan fingerprint density at radius 3 is 2.52 bits per heavy atom. The summed E-state index contributed by atoms with van der Waals surface area (Å²) in [5, 5.41) is 6.08. The molecule has 150 valence electrons. The highest BCUT2D eigenvalue weighted by atomic mass is 35.5. The molecule has 1 aromatic rings. The summed E-state index contributed by atoms with van der Waals surface area (Å²) >= 11 is 0. The lowest BCUT2D eigenvalue weighted by Gasteiger charge is -2.32. The number of amidine groups is 1. The molecule has 2 N–H and O–H groups in total. The van der Waals surface area contributed by atoms with E-state index in [-0.39, 0.29) is 42.7 Å². The van der Waals surface area contributed by atoms with Crippen LogP contribution in [0.1, 0.15) is 55.5 Å². The summed E-state index contributed by atoms with van der Waals surface area (Å²) < 4.78 is 38.9. The van der Waals surface area contributed by atoms with Gasteiger partial charge in [-0.15, -0.1) is 24.8 Å². The van der Waals surface area contributed by atoms with E-state index in [1.54, 1.807) is 0 Å². The first-order valence-electron chi connectivity index (χ1n) is 8.52. The Labute approximate surface area is 167 Å². The zero-order valence-corrected chi connectivity index (χ0v) is 16.2. The van der Waals surface area contributed by atoms with Crippen molar-refractivity contribution >= 4 is 36.6 Å². The number of hydrogen-bond acceptors (Lipinski definition) is 4. The number of carbonyl (C=O) groups excluding carboxylic acids is 1. The third kappa shape index (κ3) is 4.07. The van der Waals surface area contributed by atoms with Crippen LogP contribution in [0.4, 0.5) is 13.2 Å². The van der Waals surface area contributed by atoms with Gasteiger partial charge in [0.05, 0.1) is 5.69 Å². The van der Waals surface area contributed by atoms with Gasteiger partial charge in [-0.1, -0.05) is 0 Å². The number of alkyl halides is 3. The molecule has 3 aliphatic rings. The van der Waals surface area contributed by atoms with Crippen molar-refractivity contribution in [3.05, 3.63) is 29.1 Å². The lowest BCUT2D eigenvalue weighted by atomic mass is 9.85. The first-order valence-corrected chi connectivity index (χ1v) is 8.52. The summed E-state index contributed by atoms with van der Waals surface area (Å²) in [6.45, 7) is 2.68. The van der Waals surface area contributed by atoms with E-state index >= 15 is 0 Å². The number of carbonyl (C=O) groups is 1. The summed E-state index contributed by atoms with van der Waals surface area (Å²) in [6, 6.07) is 2.52. The Balaban J connectivity index is 0.00000131. The predicted molar refractivity (Wildman–Crippen MR) is 99.8 cm³/mol. The second kappa shape index (κ2) is 7.56. The first kappa shape index (κ1) is 21.9. The highest BCUT2D eigenvalue weighted by Crippen LogP contribution is 2.42. The van der Waals surface area contributed by atoms with E-state index in [2.05, 4.69) is 20.6 Å². The molecule has 5 nitrogen and oxygen atoms in total. The zero-order valence-electron chi connectivity index (χ0n) is 14.6. The van der Waals surface area contributed by atoms with Gasteiger partial charge in [-0.25, -0.2) is 4.98 Å². The minimum absolute atomic E-state index is 0. The molecule has 2 aliphatic heterocycles. The Bertz CT molecular complexity index is 767. The molecule has 2 atom stereocenters. The minimum atomic E-state index is -4.48. The molecule has 1 aliphatic carbocycles. The third-order valence-corrected chi connectivity index (χ3v) is 5.09. The van der Waals surface area contributed by atoms with Gasteiger partial charge in [-0.05, 0) is 51.3 Å². The Hall–Kier alpha value is -1.38. The largest absolute Gasteiger partial charge is 0.433 e. The summed E-state index contributed by atoms with van der Waals surface area (Å²) in [4.78, 5) is 21.0. The molecule has 3 heterocycles. The van der Waals surface area contributed by atoms with Gasteiger partial charge in [0, 0.05) is 17.5 Å². The average Bonchev–Trinajstić information content (AvgIpc) is 3.33. The van der Waals surface area contributed by atoms with Gasteiger partial charge < -0.3 is 10.6 Å². The molecule has 1 amide bonds. The fourth-order valence-corrected chi connectivity index (χ4v) is 3.66. The molecule has 1 aromatic heterocycles. The van der Waals surface area contributed by atoms with E-state index in [0.717, 1.165) is 18.9 Å². The molecule has 0 unspecified atom stereocenters. The summed E-state index contributed by atoms with van der Waals surface area (Å²) in [6.07, 6.45) is -1.69. The van der Waals surface area contributed by atoms with Crippen molar-refractivity contribution in [2.24, 2.45) is 4.99 Å². The number of halogens is 5. The first-order chi connectivity index (χ1) is 11.8. The quantitative estimate of drug-likeness (QED) is 0.765. The van der Waals surface area contributed by atoms with Crippen molar-refractivity contribution in [3.63, 3.8) is 0 Å². The maximum absolute atomic E-state index is 13.0. The number of aromatic nitrogens is 1. The molecule has 0 bridgehead atoms. The second-order valence-corrected chi connectivity index (χ2v) is 7.16. The number of piperidine rings is 1. The topological polar surface area (TPSA) is 66.4 Å². The highest BCUT2D eigenvalue weighted by Gasteiger charge is 2.47. The molecule has 1 spiro atoms. The SMILES string of the molecule is C[C@H]1C[C@@]2(CCN1)N=C(c1ccc(C(F)(F)F)nc1C1CC1)NC2=O.Cl.Cl. The number of nitrogens with zero attached hydrogens (tertiary/aromatic N) is 2. The molecule has 1 saturated carbocycles. The Kier molecular flexibility index (Phi) is 6.14. The fourth-order valence-electron chi connectivity index (χ4n) is 3.66. The smallest absolute Gasteiger partial charge is 0.314 e. The van der Waals surface area contributed by atoms with Crippen LogP contribution in [0.15, 0.2) is 17.1 Å². The van der Waals surface area contributed by atoms with Crippen LogP contribution < -0.4 is 10.6 Å². The van der Waals surface area contributed by atoms with E-state index in [0.29, 0.717) is 36.5 Å². The predicted octanol–water partition coefficient (Wildman–Crippen LogP) is 3.21. The molecular formula is C17H21Cl2F3N4O. The van der Waals surface area contributed by atoms with Crippen molar-refractivity contribution in [2.45, 2.75) is 56.3 Å². The molecule has 2 fully saturated rings. The molecule has 27 heavy (non-hydrogen) atoms. The monoisotopic (exact) mass is 424 g/mol. The van der Waals surface area contributed by atoms with Gasteiger partial charge in [0.1, 0.15) is 17.1 Å². The maximum Gasteiger partial charge on any atom is 0.433 e. The zero-order chi connectivity index (χ0) is 17.8. The fraction of sp³-hybridized carbons (Fsp3) is 0.588. The number of nitrogens with one attached hydrogen (secondary N) is 2. The van der Waals surface area contributed by atoms with Crippen molar-refractivity contribution in [2.75, 3.05) is 6.54 Å². The van der Waals surface area contributed by atoms with Crippen LogP contribution in [0.25, 0.3) is 0 Å². The third-order valence-electron chi connectivity index (χ3n) is 5.09. The standard InChI is InChI=1S/C17H19F3N4O.2ClH/c1-9-8-16(6-7-21-9)15(25)23-14(24-16)11-4-5-12(17(18,19)20)22-13(11)10-2-3-10;;/h4-5,9-10,21H,2-3,6-8H2,1H3,(H,23,24,25);2*1H/t9-,16+;;/m0../s1. The van der Waals surface area contributed by atoms with Crippen molar-refractivity contribution in [3.8, 4) is 0 Å². The summed E-state index contributed by atoms with van der Waals surface area (Å²) in [5.41, 5.74) is -0.795. The van der Waals surface area contributed by atoms with Crippen LogP contribution in [0.2, 0.25) is 0 Å². The van der Waals surface area contributed by atoms with Crippen LogP contribution in [0, 0.1) is 0 Å². The number of rotatable bonds is 2. The highest BCUT2D eigenvalue weighted by molar-refractivity contribution is 6.16. The van der Waals surface area contributed by atoms with Crippen LogP contribution >= 0.6 is 24.8 Å². The number of amides is 1. The second-order valence-electron chi connectivity index (χ2n) is 7.16. The van der Waals surface area contributed by atoms with Gasteiger partial charge in [0.25, 0.3) is 5.91 Å². The summed E-state index contributed by atoms with van der Waals surface area (Å²) in [7, 11) is 0. The van der Waals surface area contributed by atoms with E-state index in [1.165, 1.54) is 6.07 Å². The van der Waals surface area contributed by atoms with Gasteiger partial charge in [0.2, 0.25) is 0 Å². The normalized spacial score (nSPS) is 27.5. The molecule has 4 rings (SSSR count). The van der Waals surface area contributed by atoms with Crippen molar-refractivity contribution in [1.29, 1.82) is 0 Å². The average molecular weight is 425 g/mol. The van der Waals surface area contributed by atoms with Crippen LogP contribution in [0.3, 0.4) is 0 Å². The van der Waals surface area contributed by atoms with Gasteiger partial charge in [-0.3, -0.25) is 9.79 Å². The van der Waals surface area contributed by atoms with E-state index in [4.69, 9.17) is 0 Å². The molecule has 1 saturated heterocycles. The van der Waals surface area contributed by atoms with E-state index < -0.39 is 17.4 Å². The lowest BCUT2D eigenvalue weighted by molar-refractivity contribution is -0.141. The number of hydrogen-bond donors (Lipinski definition) is 2. The Morgan fingerprint density at radius 2 is 1.93 bits per heavy atom. The van der Waals surface area contributed by atoms with Crippen LogP contribution in [-0.2, 0) is 11.0 Å². The molecule has 0 radical (unpaired) electrons. The number of pyridine rings is 1. The maximum atomic E-state index is 13.0. The van der Waals surface area contributed by atoms with Crippen molar-refractivity contribution < 1.29 is 18.0 Å². The molecule has 10 heteroatoms. The van der Waals surface area contributed by atoms with E-state index in [9.17, 15) is 18.0 Å². The van der Waals surface area contributed by atoms with Crippen LogP contribution in [-0.4, -0.2) is 34.9 Å².